The molecule has 3 unspecified atom stereocenters. The topological polar surface area (TPSA) is 46.9 Å². The summed E-state index contributed by atoms with van der Waals surface area (Å²) >= 11 is 20.2. The third-order valence-electron chi connectivity index (χ3n) is 5.06. The molecule has 1 aromatic heterocycles. The van der Waals surface area contributed by atoms with E-state index in [0.717, 1.165) is 16.4 Å². The molecule has 4 nitrogen and oxygen atoms in total. The highest BCUT2D eigenvalue weighted by Crippen LogP contribution is 2.30. The lowest BCUT2D eigenvalue weighted by molar-refractivity contribution is -0.119. The molecule has 0 saturated heterocycles. The van der Waals surface area contributed by atoms with Crippen molar-refractivity contribution in [2.75, 3.05) is 5.75 Å². The van der Waals surface area contributed by atoms with Crippen LogP contribution >= 0.6 is 58.5 Å². The molecular formula is C18H21Cl2N3OS3. The Hall–Kier alpha value is -0.600. The predicted molar refractivity (Wildman–Crippen MR) is 117 cm³/mol. The fourth-order valence-electron chi connectivity index (χ4n) is 3.26. The Balaban J connectivity index is 1.61. The first kappa shape index (κ1) is 21.1. The number of carbonyl (C=O) groups is 1. The number of benzene rings is 1. The third kappa shape index (κ3) is 5.26. The average molecular weight is 462 g/mol. The van der Waals surface area contributed by atoms with Crippen LogP contribution in [0, 0.1) is 15.8 Å². The Morgan fingerprint density at radius 1 is 1.37 bits per heavy atom. The van der Waals surface area contributed by atoms with Gasteiger partial charge >= 0.3 is 0 Å². The van der Waals surface area contributed by atoms with Gasteiger partial charge in [-0.05, 0) is 48.7 Å². The van der Waals surface area contributed by atoms with Gasteiger partial charge in [0.15, 0.2) is 8.29 Å². The Morgan fingerprint density at radius 2 is 2.15 bits per heavy atom. The van der Waals surface area contributed by atoms with E-state index in [0.29, 0.717) is 31.6 Å². The lowest BCUT2D eigenvalue weighted by atomic mass is 9.78. The van der Waals surface area contributed by atoms with Crippen molar-refractivity contribution in [3.8, 4) is 5.69 Å². The van der Waals surface area contributed by atoms with Gasteiger partial charge in [-0.3, -0.25) is 4.79 Å². The van der Waals surface area contributed by atoms with E-state index >= 15 is 0 Å². The molecule has 0 radical (unpaired) electrons. The van der Waals surface area contributed by atoms with Crippen LogP contribution < -0.4 is 5.32 Å². The summed E-state index contributed by atoms with van der Waals surface area (Å²) in [5.41, 5.74) is 0.756. The number of amides is 1. The van der Waals surface area contributed by atoms with Gasteiger partial charge in [0.1, 0.15) is 0 Å². The predicted octanol–water partition coefficient (Wildman–Crippen LogP) is 6.00. The molecule has 1 aliphatic rings. The van der Waals surface area contributed by atoms with E-state index in [-0.39, 0.29) is 11.9 Å². The van der Waals surface area contributed by atoms with Gasteiger partial charge in [-0.1, -0.05) is 73.0 Å². The monoisotopic (exact) mass is 461 g/mol. The number of thioether (sulfide) groups is 1. The van der Waals surface area contributed by atoms with Crippen molar-refractivity contribution in [2.45, 2.75) is 43.5 Å². The van der Waals surface area contributed by atoms with Gasteiger partial charge < -0.3 is 5.32 Å². The van der Waals surface area contributed by atoms with Crippen LogP contribution in [0.2, 0.25) is 10.0 Å². The number of hydrogen-bond donors (Lipinski definition) is 1. The van der Waals surface area contributed by atoms with E-state index < -0.39 is 0 Å². The molecule has 3 rings (SSSR count). The van der Waals surface area contributed by atoms with Crippen molar-refractivity contribution < 1.29 is 4.79 Å². The first-order valence-corrected chi connectivity index (χ1v) is 11.8. The molecule has 27 heavy (non-hydrogen) atoms. The van der Waals surface area contributed by atoms with Crippen molar-refractivity contribution >= 4 is 64.4 Å². The highest BCUT2D eigenvalue weighted by molar-refractivity contribution is 8.01. The van der Waals surface area contributed by atoms with Crippen LogP contribution in [0.4, 0.5) is 0 Å². The zero-order valence-electron chi connectivity index (χ0n) is 15.1. The molecule has 1 aromatic carbocycles. The minimum atomic E-state index is 0.0492. The Morgan fingerprint density at radius 3 is 2.89 bits per heavy atom. The Kier molecular flexibility index (Phi) is 7.25. The van der Waals surface area contributed by atoms with Gasteiger partial charge in [0.25, 0.3) is 0 Å². The second-order valence-corrected chi connectivity index (χ2v) is 10.5. The van der Waals surface area contributed by atoms with Crippen LogP contribution in [-0.2, 0) is 4.79 Å². The fourth-order valence-corrected chi connectivity index (χ4v) is 5.73. The lowest BCUT2D eigenvalue weighted by Crippen LogP contribution is -2.44. The van der Waals surface area contributed by atoms with Crippen molar-refractivity contribution in [3.05, 3.63) is 32.2 Å². The van der Waals surface area contributed by atoms with Crippen LogP contribution in [0.25, 0.3) is 5.69 Å². The van der Waals surface area contributed by atoms with Gasteiger partial charge in [-0.15, -0.1) is 5.10 Å². The maximum atomic E-state index is 12.4. The first-order valence-electron chi connectivity index (χ1n) is 8.83. The van der Waals surface area contributed by atoms with Crippen LogP contribution in [0.1, 0.15) is 33.1 Å². The third-order valence-corrected chi connectivity index (χ3v) is 8.16. The zero-order chi connectivity index (χ0) is 19.6. The summed E-state index contributed by atoms with van der Waals surface area (Å²) in [6.45, 7) is 4.49. The molecule has 146 valence electrons. The molecule has 3 atom stereocenters. The summed E-state index contributed by atoms with van der Waals surface area (Å²) in [6, 6.07) is 5.53. The van der Waals surface area contributed by atoms with E-state index in [1.807, 2.05) is 6.07 Å². The summed E-state index contributed by atoms with van der Waals surface area (Å²) in [4.78, 5) is 12.4. The maximum Gasteiger partial charge on any atom is 0.230 e. The number of nitrogens with zero attached hydrogens (tertiary/aromatic N) is 2. The summed E-state index contributed by atoms with van der Waals surface area (Å²) in [6.07, 6.45) is 3.49. The van der Waals surface area contributed by atoms with E-state index in [2.05, 4.69) is 24.3 Å². The highest BCUT2D eigenvalue weighted by Gasteiger charge is 2.28. The fraction of sp³-hybridized carbons (Fsp3) is 0.500. The van der Waals surface area contributed by atoms with Crippen molar-refractivity contribution in [1.29, 1.82) is 0 Å². The van der Waals surface area contributed by atoms with Gasteiger partial charge in [-0.25, -0.2) is 4.68 Å². The van der Waals surface area contributed by atoms with Crippen molar-refractivity contribution in [1.82, 2.24) is 15.1 Å². The van der Waals surface area contributed by atoms with Gasteiger partial charge in [0.05, 0.1) is 21.5 Å². The van der Waals surface area contributed by atoms with E-state index in [1.54, 1.807) is 16.8 Å². The van der Waals surface area contributed by atoms with E-state index in [9.17, 15) is 4.79 Å². The second kappa shape index (κ2) is 9.27. The normalized spacial score (nSPS) is 22.6. The molecule has 1 heterocycles. The molecule has 0 spiro atoms. The minimum Gasteiger partial charge on any atom is -0.352 e. The average Bonchev–Trinajstić information content (AvgIpc) is 3.00. The smallest absolute Gasteiger partial charge is 0.230 e. The molecule has 2 aromatic rings. The number of hydrogen-bond acceptors (Lipinski definition) is 5. The van der Waals surface area contributed by atoms with E-state index in [1.165, 1.54) is 35.9 Å². The zero-order valence-corrected chi connectivity index (χ0v) is 19.0. The maximum absolute atomic E-state index is 12.4. The summed E-state index contributed by atoms with van der Waals surface area (Å²) < 4.78 is 3.00. The Bertz CT molecular complexity index is 883. The standard InChI is InChI=1S/C18H21Cl2N3OS3/c1-10-4-3-5-15(11(10)2)21-16(24)9-26-17-22-23(18(25)27-17)12-6-7-13(19)14(20)8-12/h6-8,10-11,15H,3-5,9H2,1-2H3,(H,21,24). The van der Waals surface area contributed by atoms with Crippen LogP contribution in [0.3, 0.4) is 0 Å². The number of halogens is 2. The largest absolute Gasteiger partial charge is 0.352 e. The molecular weight excluding hydrogens is 441 g/mol. The number of carbonyl (C=O) groups excluding carboxylic acids is 1. The molecule has 1 saturated carbocycles. The van der Waals surface area contributed by atoms with Crippen molar-refractivity contribution in [2.24, 2.45) is 11.8 Å². The molecule has 9 heteroatoms. The van der Waals surface area contributed by atoms with Crippen LogP contribution in [-0.4, -0.2) is 27.5 Å². The number of rotatable bonds is 5. The Labute approximate surface area is 182 Å². The van der Waals surface area contributed by atoms with Crippen LogP contribution in [0.5, 0.6) is 0 Å². The molecule has 1 amide bonds. The number of aromatic nitrogens is 2. The van der Waals surface area contributed by atoms with E-state index in [4.69, 9.17) is 35.4 Å². The molecule has 1 aliphatic carbocycles. The highest BCUT2D eigenvalue weighted by atomic mass is 35.5. The molecule has 1 N–H and O–H groups in total. The summed E-state index contributed by atoms with van der Waals surface area (Å²) in [5.74, 6) is 1.56. The number of nitrogens with one attached hydrogen (secondary N) is 1. The first-order chi connectivity index (χ1) is 12.8. The van der Waals surface area contributed by atoms with Gasteiger partial charge in [0, 0.05) is 6.04 Å². The summed E-state index contributed by atoms with van der Waals surface area (Å²) in [5, 5.41) is 8.64. The van der Waals surface area contributed by atoms with Crippen LogP contribution in [0.15, 0.2) is 22.5 Å². The molecule has 1 fully saturated rings. The summed E-state index contributed by atoms with van der Waals surface area (Å²) in [7, 11) is 0. The quantitative estimate of drug-likeness (QED) is 0.437. The SMILES string of the molecule is CC1CCCC(NC(=O)CSc2nn(-c3ccc(Cl)c(Cl)c3)c(=S)s2)C1C. The van der Waals surface area contributed by atoms with Gasteiger partial charge in [-0.2, -0.15) is 0 Å². The van der Waals surface area contributed by atoms with Crippen molar-refractivity contribution in [3.63, 3.8) is 0 Å². The van der Waals surface area contributed by atoms with Gasteiger partial charge in [0.2, 0.25) is 5.91 Å². The molecule has 0 aliphatic heterocycles. The molecule has 0 bridgehead atoms. The lowest BCUT2D eigenvalue weighted by Gasteiger charge is -2.34. The minimum absolute atomic E-state index is 0.0492. The second-order valence-electron chi connectivity index (χ2n) is 6.87.